The Hall–Kier alpha value is -3.79. The Balaban J connectivity index is 1.61. The molecule has 0 saturated carbocycles. The van der Waals surface area contributed by atoms with Crippen LogP contribution in [-0.4, -0.2) is 45.5 Å². The summed E-state index contributed by atoms with van der Waals surface area (Å²) in [4.78, 5) is 29.8. The van der Waals surface area contributed by atoms with E-state index in [9.17, 15) is 9.59 Å². The van der Waals surface area contributed by atoms with Crippen molar-refractivity contribution >= 4 is 35.7 Å². The number of nitrogens with two attached hydrogens (primary N) is 1. The molecule has 8 nitrogen and oxygen atoms in total. The predicted octanol–water partition coefficient (Wildman–Crippen LogP) is 7.65. The maximum Gasteiger partial charge on any atom is 0.276 e. The van der Waals surface area contributed by atoms with Gasteiger partial charge in [0.1, 0.15) is 5.82 Å². The number of aromatic nitrogens is 4. The molecule has 0 amide bonds. The Morgan fingerprint density at radius 1 is 1.02 bits per heavy atom. The average Bonchev–Trinajstić information content (AvgIpc) is 3.42. The van der Waals surface area contributed by atoms with Crippen LogP contribution in [0.3, 0.4) is 0 Å². The molecule has 48 heavy (non-hydrogen) atoms. The van der Waals surface area contributed by atoms with E-state index in [0.29, 0.717) is 17.8 Å². The highest BCUT2D eigenvalue weighted by Gasteiger charge is 2.37. The van der Waals surface area contributed by atoms with Crippen LogP contribution in [0, 0.1) is 5.92 Å². The first-order chi connectivity index (χ1) is 22.8. The van der Waals surface area contributed by atoms with E-state index in [2.05, 4.69) is 92.3 Å². The second kappa shape index (κ2) is 14.8. The van der Waals surface area contributed by atoms with Crippen LogP contribution >= 0.6 is 0 Å². The molecule has 0 saturated heterocycles. The van der Waals surface area contributed by atoms with Gasteiger partial charge in [-0.1, -0.05) is 76.6 Å². The van der Waals surface area contributed by atoms with E-state index in [4.69, 9.17) is 15.8 Å². The number of aryl methyl sites for hydroxylation is 2. The molecule has 5 rings (SSSR count). The molecule has 0 fully saturated rings. The summed E-state index contributed by atoms with van der Waals surface area (Å²) in [7, 11) is -0.583. The van der Waals surface area contributed by atoms with E-state index in [0.717, 1.165) is 96.1 Å². The van der Waals surface area contributed by atoms with Crippen molar-refractivity contribution in [2.24, 2.45) is 18.7 Å². The first-order valence-corrected chi connectivity index (χ1v) is 20.5. The summed E-state index contributed by atoms with van der Waals surface area (Å²) in [6.07, 6.45) is 9.80. The van der Waals surface area contributed by atoms with Gasteiger partial charge in [0.2, 0.25) is 0 Å². The van der Waals surface area contributed by atoms with Crippen LogP contribution < -0.4 is 16.6 Å². The second-order valence-corrected chi connectivity index (χ2v) is 19.4. The summed E-state index contributed by atoms with van der Waals surface area (Å²) >= 11 is 0. The van der Waals surface area contributed by atoms with Gasteiger partial charge in [-0.05, 0) is 90.8 Å². The number of benzene rings is 2. The number of nitrogens with zero attached hydrogens (tertiary/aromatic N) is 4. The minimum atomic E-state index is -2.34. The number of hydrogen-bond donors (Lipinski definition) is 3. The highest BCUT2D eigenvalue weighted by atomic mass is 28.4. The molecule has 0 aliphatic rings. The molecule has 256 valence electrons. The Labute approximate surface area is 286 Å². The molecule has 3 heterocycles. The Morgan fingerprint density at radius 3 is 2.48 bits per heavy atom. The van der Waals surface area contributed by atoms with Gasteiger partial charge >= 0.3 is 0 Å². The molecular formula is C39H54N6O2Si. The van der Waals surface area contributed by atoms with Crippen molar-refractivity contribution in [1.82, 2.24) is 19.3 Å². The SMILES string of the molecule is CC(C)Cc1nn(C)c(=O)c2c(-c3cccc(CCC(C)(C)[Si](C)(C)O)c3)n(Cc3cnc(NCCCCCN)c4ccccc34)cc12. The van der Waals surface area contributed by atoms with Crippen molar-refractivity contribution in [1.29, 1.82) is 0 Å². The molecule has 5 aromatic rings. The highest BCUT2D eigenvalue weighted by Crippen LogP contribution is 2.40. The summed E-state index contributed by atoms with van der Waals surface area (Å²) in [6.45, 7) is 14.9. The molecule has 0 aliphatic heterocycles. The standard InChI is InChI=1S/C39H54N6O2Si/c1-27(2)22-34-33-26-45(25-30-24-42-37(41-21-12-8-11-20-40)32-17-10-9-16-31(30)32)36(35(33)38(46)44(5)43-34)29-15-13-14-28(23-29)18-19-39(3,4)48(6,7)47/h9-10,13-17,23-24,26-27,47H,8,11-12,18-22,25,40H2,1-7H3,(H,41,42). The molecule has 0 radical (unpaired) electrons. The molecule has 0 aliphatic carbocycles. The summed E-state index contributed by atoms with van der Waals surface area (Å²) in [5.41, 5.74) is 10.7. The fourth-order valence-corrected chi connectivity index (χ4v) is 7.13. The van der Waals surface area contributed by atoms with Gasteiger partial charge in [-0.2, -0.15) is 5.10 Å². The van der Waals surface area contributed by atoms with Crippen molar-refractivity contribution in [3.63, 3.8) is 0 Å². The minimum absolute atomic E-state index is 0.0945. The Kier molecular flexibility index (Phi) is 10.9. The Morgan fingerprint density at radius 2 is 1.77 bits per heavy atom. The summed E-state index contributed by atoms with van der Waals surface area (Å²) < 4.78 is 3.73. The van der Waals surface area contributed by atoms with Crippen LogP contribution in [0.5, 0.6) is 0 Å². The van der Waals surface area contributed by atoms with Crippen LogP contribution in [0.2, 0.25) is 18.1 Å². The molecule has 9 heteroatoms. The maximum atomic E-state index is 13.9. The van der Waals surface area contributed by atoms with E-state index in [-0.39, 0.29) is 10.6 Å². The van der Waals surface area contributed by atoms with E-state index in [1.807, 2.05) is 19.3 Å². The number of anilines is 1. The lowest BCUT2D eigenvalue weighted by Gasteiger charge is -2.35. The number of unbranched alkanes of at least 4 members (excludes halogenated alkanes) is 2. The zero-order valence-electron chi connectivity index (χ0n) is 29.9. The third kappa shape index (κ3) is 7.74. The van der Waals surface area contributed by atoms with Gasteiger partial charge in [-0.25, -0.2) is 9.67 Å². The number of nitrogens with one attached hydrogen (secondary N) is 1. The molecule has 0 unspecified atom stereocenters. The third-order valence-electron chi connectivity index (χ3n) is 10.1. The first kappa shape index (κ1) is 35.5. The maximum absolute atomic E-state index is 13.9. The smallest absolute Gasteiger partial charge is 0.276 e. The monoisotopic (exact) mass is 666 g/mol. The van der Waals surface area contributed by atoms with Gasteiger partial charge in [0.25, 0.3) is 5.56 Å². The van der Waals surface area contributed by atoms with Gasteiger partial charge in [0, 0.05) is 43.3 Å². The number of fused-ring (bicyclic) bond motifs is 2. The molecule has 3 aromatic heterocycles. The fraction of sp³-hybridized carbons (Fsp3) is 0.462. The second-order valence-electron chi connectivity index (χ2n) is 15.0. The molecule has 0 spiro atoms. The predicted molar refractivity (Wildman–Crippen MR) is 203 cm³/mol. The Bertz CT molecular complexity index is 1940. The molecule has 4 N–H and O–H groups in total. The molecular weight excluding hydrogens is 613 g/mol. The highest BCUT2D eigenvalue weighted by molar-refractivity contribution is 6.72. The zero-order valence-corrected chi connectivity index (χ0v) is 30.9. The summed E-state index contributed by atoms with van der Waals surface area (Å²) in [5, 5.41) is 12.0. The van der Waals surface area contributed by atoms with Crippen molar-refractivity contribution < 1.29 is 4.80 Å². The fourth-order valence-electron chi connectivity index (χ4n) is 6.40. The van der Waals surface area contributed by atoms with E-state index in [1.54, 1.807) is 7.05 Å². The lowest BCUT2D eigenvalue weighted by molar-refractivity contribution is 0.451. The van der Waals surface area contributed by atoms with Crippen molar-refractivity contribution in [3.8, 4) is 11.3 Å². The quantitative estimate of drug-likeness (QED) is 0.0782. The van der Waals surface area contributed by atoms with Crippen LogP contribution in [0.4, 0.5) is 5.82 Å². The van der Waals surface area contributed by atoms with Crippen molar-refractivity contribution in [2.75, 3.05) is 18.4 Å². The van der Waals surface area contributed by atoms with E-state index >= 15 is 0 Å². The van der Waals surface area contributed by atoms with Gasteiger partial charge in [-0.15, -0.1) is 0 Å². The van der Waals surface area contributed by atoms with Crippen LogP contribution in [-0.2, 0) is 26.4 Å². The lowest BCUT2D eigenvalue weighted by atomic mass is 9.98. The number of rotatable bonds is 15. The van der Waals surface area contributed by atoms with Crippen molar-refractivity contribution in [2.45, 2.75) is 90.9 Å². The molecule has 0 atom stereocenters. The summed E-state index contributed by atoms with van der Waals surface area (Å²) in [5.74, 6) is 1.28. The van der Waals surface area contributed by atoms with Crippen LogP contribution in [0.25, 0.3) is 32.8 Å². The van der Waals surface area contributed by atoms with Gasteiger partial charge in [0.05, 0.1) is 16.8 Å². The third-order valence-corrected chi connectivity index (χ3v) is 13.6. The zero-order chi connectivity index (χ0) is 34.6. The van der Waals surface area contributed by atoms with Gasteiger partial charge < -0.3 is 20.4 Å². The average molecular weight is 667 g/mol. The topological polar surface area (TPSA) is 111 Å². The van der Waals surface area contributed by atoms with Gasteiger partial charge in [-0.3, -0.25) is 4.79 Å². The lowest BCUT2D eigenvalue weighted by Crippen LogP contribution is -2.39. The summed E-state index contributed by atoms with van der Waals surface area (Å²) in [6, 6.07) is 17.0. The van der Waals surface area contributed by atoms with Crippen molar-refractivity contribution in [3.05, 3.63) is 88.1 Å². The number of hydrogen-bond acceptors (Lipinski definition) is 6. The van der Waals surface area contributed by atoms with Crippen LogP contribution in [0.15, 0.2) is 65.7 Å². The minimum Gasteiger partial charge on any atom is -0.432 e. The van der Waals surface area contributed by atoms with Gasteiger partial charge in [0.15, 0.2) is 8.32 Å². The molecule has 2 aromatic carbocycles. The molecule has 0 bridgehead atoms. The normalized spacial score (nSPS) is 12.5. The largest absolute Gasteiger partial charge is 0.432 e. The number of pyridine rings is 1. The van der Waals surface area contributed by atoms with Crippen LogP contribution in [0.1, 0.15) is 70.2 Å². The first-order valence-electron chi connectivity index (χ1n) is 17.5. The van der Waals surface area contributed by atoms with E-state index in [1.165, 1.54) is 10.2 Å². The van der Waals surface area contributed by atoms with E-state index < -0.39 is 8.32 Å².